The maximum absolute atomic E-state index is 12.8. The van der Waals surface area contributed by atoms with Crippen LogP contribution in [0.5, 0.6) is 11.5 Å². The molecule has 3 rings (SSSR count). The molecule has 2 N–H and O–H groups in total. The number of para-hydroxylation sites is 1. The van der Waals surface area contributed by atoms with E-state index in [2.05, 4.69) is 10.6 Å². The van der Waals surface area contributed by atoms with E-state index in [1.807, 2.05) is 55.5 Å². The van der Waals surface area contributed by atoms with Gasteiger partial charge < -0.3 is 20.1 Å². The van der Waals surface area contributed by atoms with E-state index in [1.165, 1.54) is 11.8 Å². The predicted molar refractivity (Wildman–Crippen MR) is 132 cm³/mol. The molecule has 0 saturated carbocycles. The average molecular weight is 465 g/mol. The monoisotopic (exact) mass is 464 g/mol. The Morgan fingerprint density at radius 1 is 0.909 bits per heavy atom. The zero-order valence-corrected chi connectivity index (χ0v) is 19.8. The lowest BCUT2D eigenvalue weighted by atomic mass is 10.1. The van der Waals surface area contributed by atoms with Crippen LogP contribution in [0.25, 0.3) is 0 Å². The number of anilines is 1. The van der Waals surface area contributed by atoms with Gasteiger partial charge in [-0.05, 0) is 55.3 Å². The molecule has 7 heteroatoms. The van der Waals surface area contributed by atoms with Crippen molar-refractivity contribution in [3.8, 4) is 11.5 Å². The summed E-state index contributed by atoms with van der Waals surface area (Å²) in [5.74, 6) is 0.913. The van der Waals surface area contributed by atoms with E-state index in [-0.39, 0.29) is 17.1 Å². The van der Waals surface area contributed by atoms with Gasteiger partial charge in [-0.1, -0.05) is 36.4 Å². The fourth-order valence-corrected chi connectivity index (χ4v) is 4.12. The number of benzene rings is 3. The first kappa shape index (κ1) is 24.2. The lowest BCUT2D eigenvalue weighted by molar-refractivity contribution is -0.115. The first-order chi connectivity index (χ1) is 16.0. The van der Waals surface area contributed by atoms with E-state index in [4.69, 9.17) is 9.47 Å². The SMILES string of the molecule is COc1ccc(CCNC(=O)c2ccccc2NC(=O)[C@H](C)Sc2ccccc2)cc1OC. The minimum atomic E-state index is -0.312. The highest BCUT2D eigenvalue weighted by Crippen LogP contribution is 2.28. The molecule has 172 valence electrons. The second kappa shape index (κ2) is 12.0. The Hall–Kier alpha value is -3.45. The summed E-state index contributed by atoms with van der Waals surface area (Å²) >= 11 is 1.47. The first-order valence-corrected chi connectivity index (χ1v) is 11.5. The minimum Gasteiger partial charge on any atom is -0.493 e. The molecule has 1 atom stereocenters. The van der Waals surface area contributed by atoms with Gasteiger partial charge in [-0.2, -0.15) is 0 Å². The van der Waals surface area contributed by atoms with Gasteiger partial charge in [0, 0.05) is 11.4 Å². The van der Waals surface area contributed by atoms with Gasteiger partial charge in [0.1, 0.15) is 0 Å². The molecule has 3 aromatic rings. The van der Waals surface area contributed by atoms with Crippen LogP contribution in [-0.4, -0.2) is 37.8 Å². The van der Waals surface area contributed by atoms with Gasteiger partial charge in [-0.3, -0.25) is 9.59 Å². The summed E-state index contributed by atoms with van der Waals surface area (Å²) in [5, 5.41) is 5.51. The Balaban J connectivity index is 1.59. The van der Waals surface area contributed by atoms with Crippen molar-refractivity contribution in [2.24, 2.45) is 0 Å². The lowest BCUT2D eigenvalue weighted by Gasteiger charge is -2.15. The Morgan fingerprint density at radius 3 is 2.33 bits per heavy atom. The highest BCUT2D eigenvalue weighted by Gasteiger charge is 2.18. The Kier molecular flexibility index (Phi) is 8.78. The van der Waals surface area contributed by atoms with Crippen molar-refractivity contribution >= 4 is 29.3 Å². The highest BCUT2D eigenvalue weighted by molar-refractivity contribution is 8.00. The fourth-order valence-electron chi connectivity index (χ4n) is 3.23. The molecule has 0 aliphatic heterocycles. The molecule has 0 heterocycles. The van der Waals surface area contributed by atoms with Gasteiger partial charge in [0.05, 0.1) is 30.7 Å². The Morgan fingerprint density at radius 2 is 1.61 bits per heavy atom. The van der Waals surface area contributed by atoms with Gasteiger partial charge in [0.25, 0.3) is 5.91 Å². The highest BCUT2D eigenvalue weighted by atomic mass is 32.2. The van der Waals surface area contributed by atoms with Crippen LogP contribution in [0.15, 0.2) is 77.7 Å². The zero-order valence-electron chi connectivity index (χ0n) is 19.0. The van der Waals surface area contributed by atoms with E-state index in [0.29, 0.717) is 35.7 Å². The summed E-state index contributed by atoms with van der Waals surface area (Å²) in [4.78, 5) is 26.5. The van der Waals surface area contributed by atoms with E-state index in [0.717, 1.165) is 10.5 Å². The number of nitrogens with one attached hydrogen (secondary N) is 2. The van der Waals surface area contributed by atoms with E-state index in [1.54, 1.807) is 38.5 Å². The second-order valence-electron chi connectivity index (χ2n) is 7.30. The molecule has 2 amide bonds. The number of ether oxygens (including phenoxy) is 2. The Labute approximate surface area is 198 Å². The van der Waals surface area contributed by atoms with Crippen LogP contribution in [-0.2, 0) is 11.2 Å². The smallest absolute Gasteiger partial charge is 0.253 e. The van der Waals surface area contributed by atoms with E-state index >= 15 is 0 Å². The van der Waals surface area contributed by atoms with Crippen molar-refractivity contribution in [3.05, 3.63) is 83.9 Å². The summed E-state index contributed by atoms with van der Waals surface area (Å²) in [6.07, 6.45) is 0.630. The predicted octanol–water partition coefficient (Wildman–Crippen LogP) is 4.80. The van der Waals surface area contributed by atoms with Crippen molar-refractivity contribution in [1.29, 1.82) is 0 Å². The molecule has 0 bridgehead atoms. The zero-order chi connectivity index (χ0) is 23.6. The van der Waals surface area contributed by atoms with Gasteiger partial charge in [0.15, 0.2) is 11.5 Å². The fraction of sp³-hybridized carbons (Fsp3) is 0.231. The molecule has 6 nitrogen and oxygen atoms in total. The molecule has 0 aliphatic carbocycles. The summed E-state index contributed by atoms with van der Waals surface area (Å²) in [7, 11) is 3.18. The molecule has 0 aliphatic rings. The average Bonchev–Trinajstić information content (AvgIpc) is 2.84. The topological polar surface area (TPSA) is 76.7 Å². The van der Waals surface area contributed by atoms with E-state index < -0.39 is 0 Å². The van der Waals surface area contributed by atoms with Gasteiger partial charge in [0.2, 0.25) is 5.91 Å². The van der Waals surface area contributed by atoms with Crippen molar-refractivity contribution in [3.63, 3.8) is 0 Å². The molecular formula is C26H28N2O4S. The number of carbonyl (C=O) groups is 2. The molecule has 0 spiro atoms. The van der Waals surface area contributed by atoms with Gasteiger partial charge >= 0.3 is 0 Å². The number of hydrogen-bond acceptors (Lipinski definition) is 5. The summed E-state index contributed by atoms with van der Waals surface area (Å²) in [6, 6.07) is 22.4. The largest absolute Gasteiger partial charge is 0.493 e. The molecule has 3 aromatic carbocycles. The molecule has 0 saturated heterocycles. The quantitative estimate of drug-likeness (QED) is 0.422. The number of carbonyl (C=O) groups excluding carboxylic acids is 2. The molecule has 0 aromatic heterocycles. The molecule has 0 fully saturated rings. The lowest BCUT2D eigenvalue weighted by Crippen LogP contribution is -2.28. The molecular weight excluding hydrogens is 436 g/mol. The normalized spacial score (nSPS) is 11.4. The second-order valence-corrected chi connectivity index (χ2v) is 8.72. The Bertz CT molecular complexity index is 1090. The third kappa shape index (κ3) is 6.76. The van der Waals surface area contributed by atoms with Crippen LogP contribution in [0.3, 0.4) is 0 Å². The third-order valence-corrected chi connectivity index (χ3v) is 6.11. The first-order valence-electron chi connectivity index (χ1n) is 10.6. The van der Waals surface area contributed by atoms with E-state index in [9.17, 15) is 9.59 Å². The molecule has 33 heavy (non-hydrogen) atoms. The summed E-state index contributed by atoms with van der Waals surface area (Å²) < 4.78 is 10.6. The van der Waals surface area contributed by atoms with Gasteiger partial charge in [-0.25, -0.2) is 0 Å². The molecule has 0 radical (unpaired) electrons. The summed E-state index contributed by atoms with van der Waals surface area (Å²) in [6.45, 7) is 2.29. The van der Waals surface area contributed by atoms with Crippen molar-refractivity contribution in [2.75, 3.05) is 26.1 Å². The number of hydrogen-bond donors (Lipinski definition) is 2. The van der Waals surface area contributed by atoms with Crippen molar-refractivity contribution in [2.45, 2.75) is 23.5 Å². The van der Waals surface area contributed by atoms with Crippen LogP contribution in [0.2, 0.25) is 0 Å². The molecule has 0 unspecified atom stereocenters. The standard InChI is InChI=1S/C26H28N2O4S/c1-18(33-20-9-5-4-6-10-20)25(29)28-22-12-8-7-11-21(22)26(30)27-16-15-19-13-14-23(31-2)24(17-19)32-3/h4-14,17-18H,15-16H2,1-3H3,(H,27,30)(H,28,29)/t18-/m0/s1. The van der Waals surface area contributed by atoms with Crippen molar-refractivity contribution < 1.29 is 19.1 Å². The van der Waals surface area contributed by atoms with Crippen LogP contribution in [0.4, 0.5) is 5.69 Å². The maximum Gasteiger partial charge on any atom is 0.253 e. The number of methoxy groups -OCH3 is 2. The van der Waals surface area contributed by atoms with Gasteiger partial charge in [-0.15, -0.1) is 11.8 Å². The number of thioether (sulfide) groups is 1. The maximum atomic E-state index is 12.8. The van der Waals surface area contributed by atoms with Crippen LogP contribution < -0.4 is 20.1 Å². The number of amides is 2. The van der Waals surface area contributed by atoms with Crippen molar-refractivity contribution in [1.82, 2.24) is 5.32 Å². The summed E-state index contributed by atoms with van der Waals surface area (Å²) in [5.41, 5.74) is 1.93. The van der Waals surface area contributed by atoms with Crippen LogP contribution in [0, 0.1) is 0 Å². The third-order valence-electron chi connectivity index (χ3n) is 5.00. The minimum absolute atomic E-state index is 0.158. The number of rotatable bonds is 10. The van der Waals surface area contributed by atoms with Crippen LogP contribution >= 0.6 is 11.8 Å². The van der Waals surface area contributed by atoms with Crippen LogP contribution in [0.1, 0.15) is 22.8 Å².